The van der Waals surface area contributed by atoms with Crippen molar-refractivity contribution in [3.8, 4) is 0 Å². The second kappa shape index (κ2) is 7.02. The van der Waals surface area contributed by atoms with Gasteiger partial charge in [-0.3, -0.25) is 9.69 Å². The van der Waals surface area contributed by atoms with Crippen LogP contribution in [0.25, 0.3) is 10.2 Å². The molecule has 1 aromatic carbocycles. The fourth-order valence-electron chi connectivity index (χ4n) is 4.05. The number of aryl methyl sites for hydroxylation is 1. The van der Waals surface area contributed by atoms with Crippen molar-refractivity contribution in [2.45, 2.75) is 25.0 Å². The van der Waals surface area contributed by atoms with Gasteiger partial charge in [-0.25, -0.2) is 4.79 Å². The minimum atomic E-state index is 0.0226. The summed E-state index contributed by atoms with van der Waals surface area (Å²) < 4.78 is 7.85. The Morgan fingerprint density at radius 2 is 2.19 bits per heavy atom. The van der Waals surface area contributed by atoms with Gasteiger partial charge in [0.05, 0.1) is 28.9 Å². The van der Waals surface area contributed by atoms with Gasteiger partial charge in [0.15, 0.2) is 0 Å². The summed E-state index contributed by atoms with van der Waals surface area (Å²) in [6, 6.07) is 6.69. The van der Waals surface area contributed by atoms with Crippen LogP contribution in [0.4, 0.5) is 4.79 Å². The number of aromatic nitrogens is 1. The number of benzene rings is 1. The van der Waals surface area contributed by atoms with Crippen LogP contribution >= 0.6 is 11.3 Å². The average molecular weight is 376 g/mol. The molecule has 140 valence electrons. The van der Waals surface area contributed by atoms with Gasteiger partial charge in [-0.2, -0.15) is 0 Å². The molecule has 2 saturated heterocycles. The van der Waals surface area contributed by atoms with Gasteiger partial charge in [-0.05, 0) is 24.1 Å². The molecular formula is C18H24N4O3S. The zero-order valence-corrected chi connectivity index (χ0v) is 15.9. The topological polar surface area (TPSA) is 66.8 Å². The number of nitrogens with zero attached hydrogens (tertiary/aromatic N) is 3. The Bertz CT molecular complexity index is 877. The van der Waals surface area contributed by atoms with Gasteiger partial charge in [-0.1, -0.05) is 17.4 Å². The Balaban J connectivity index is 1.43. The normalized spacial score (nSPS) is 23.5. The summed E-state index contributed by atoms with van der Waals surface area (Å²) in [5.74, 6) is 0. The van der Waals surface area contributed by atoms with Crippen molar-refractivity contribution in [2.75, 3.05) is 33.4 Å². The third-order valence-electron chi connectivity index (χ3n) is 5.43. The van der Waals surface area contributed by atoms with Crippen molar-refractivity contribution in [1.29, 1.82) is 0 Å². The maximum absolute atomic E-state index is 12.2. The smallest absolute Gasteiger partial charge is 0.318 e. The van der Waals surface area contributed by atoms with Crippen LogP contribution in [-0.4, -0.2) is 65.8 Å². The summed E-state index contributed by atoms with van der Waals surface area (Å²) in [6.45, 7) is 3.86. The van der Waals surface area contributed by atoms with Gasteiger partial charge in [0, 0.05) is 40.3 Å². The molecule has 2 aliphatic heterocycles. The number of urea groups is 1. The maximum atomic E-state index is 12.2. The number of hydrogen-bond donors (Lipinski definition) is 1. The average Bonchev–Trinajstić information content (AvgIpc) is 3.08. The van der Waals surface area contributed by atoms with Gasteiger partial charge >= 0.3 is 10.9 Å². The molecule has 0 unspecified atom stereocenters. The molecule has 26 heavy (non-hydrogen) atoms. The Morgan fingerprint density at radius 1 is 1.35 bits per heavy atom. The number of thiazole rings is 1. The second-order valence-electron chi connectivity index (χ2n) is 7.06. The lowest BCUT2D eigenvalue weighted by Gasteiger charge is -2.36. The number of nitrogens with one attached hydrogen (secondary N) is 1. The summed E-state index contributed by atoms with van der Waals surface area (Å²) in [7, 11) is 3.47. The molecular weight excluding hydrogens is 352 g/mol. The van der Waals surface area contributed by atoms with E-state index in [1.165, 1.54) is 16.9 Å². The van der Waals surface area contributed by atoms with Crippen LogP contribution in [0.5, 0.6) is 0 Å². The summed E-state index contributed by atoms with van der Waals surface area (Å²) in [5, 5.41) is 3.12. The number of methoxy groups -OCH3 is 1. The summed E-state index contributed by atoms with van der Waals surface area (Å²) in [4.78, 5) is 28.4. The first-order chi connectivity index (χ1) is 12.6. The lowest BCUT2D eigenvalue weighted by atomic mass is 9.99. The first-order valence-electron chi connectivity index (χ1n) is 8.93. The van der Waals surface area contributed by atoms with E-state index in [2.05, 4.69) is 22.3 Å². The van der Waals surface area contributed by atoms with E-state index in [1.54, 1.807) is 11.7 Å². The summed E-state index contributed by atoms with van der Waals surface area (Å²) in [5.41, 5.74) is 2.19. The van der Waals surface area contributed by atoms with Gasteiger partial charge < -0.3 is 19.5 Å². The fraction of sp³-hybridized carbons (Fsp3) is 0.556. The van der Waals surface area contributed by atoms with Crippen LogP contribution in [0.2, 0.25) is 0 Å². The molecule has 0 spiro atoms. The fourth-order valence-corrected chi connectivity index (χ4v) is 4.99. The number of ether oxygens (including phenoxy) is 1. The number of likely N-dealkylation sites (tertiary alicyclic amines) is 1. The van der Waals surface area contributed by atoms with Crippen LogP contribution < -0.4 is 10.2 Å². The third kappa shape index (κ3) is 3.13. The largest absolute Gasteiger partial charge is 0.383 e. The highest BCUT2D eigenvalue weighted by atomic mass is 32.1. The molecule has 0 aliphatic carbocycles. The number of carbonyl (C=O) groups is 1. The van der Waals surface area contributed by atoms with E-state index in [0.717, 1.165) is 36.3 Å². The van der Waals surface area contributed by atoms with Crippen LogP contribution in [0.3, 0.4) is 0 Å². The number of carbonyl (C=O) groups excluding carboxylic acids is 1. The lowest BCUT2D eigenvalue weighted by molar-refractivity contribution is 0.111. The zero-order chi connectivity index (χ0) is 18.3. The predicted octanol–water partition coefficient (Wildman–Crippen LogP) is 1.21. The Morgan fingerprint density at radius 3 is 3.00 bits per heavy atom. The molecule has 2 fully saturated rings. The molecule has 2 atom stereocenters. The maximum Gasteiger partial charge on any atom is 0.318 e. The van der Waals surface area contributed by atoms with E-state index >= 15 is 0 Å². The molecule has 2 aromatic rings. The molecule has 1 N–H and O–H groups in total. The molecule has 7 nitrogen and oxygen atoms in total. The van der Waals surface area contributed by atoms with Crippen LogP contribution in [0, 0.1) is 0 Å². The van der Waals surface area contributed by atoms with Crippen molar-refractivity contribution in [3.05, 3.63) is 33.4 Å². The summed E-state index contributed by atoms with van der Waals surface area (Å²) in [6.07, 6.45) is 0.966. The summed E-state index contributed by atoms with van der Waals surface area (Å²) >= 11 is 1.29. The molecule has 2 amide bonds. The highest BCUT2D eigenvalue weighted by Crippen LogP contribution is 2.25. The molecule has 4 rings (SSSR count). The van der Waals surface area contributed by atoms with Crippen molar-refractivity contribution in [1.82, 2.24) is 19.7 Å². The number of fused-ring (bicyclic) bond motifs is 2. The Labute approximate surface area is 156 Å². The van der Waals surface area contributed by atoms with E-state index in [-0.39, 0.29) is 23.0 Å². The van der Waals surface area contributed by atoms with Crippen LogP contribution in [-0.2, 0) is 18.3 Å². The Hall–Kier alpha value is -1.90. The zero-order valence-electron chi connectivity index (χ0n) is 15.1. The highest BCUT2D eigenvalue weighted by molar-refractivity contribution is 7.16. The van der Waals surface area contributed by atoms with E-state index in [1.807, 2.05) is 18.0 Å². The van der Waals surface area contributed by atoms with Crippen molar-refractivity contribution >= 4 is 27.6 Å². The molecule has 8 heteroatoms. The van der Waals surface area contributed by atoms with Crippen molar-refractivity contribution < 1.29 is 9.53 Å². The molecule has 0 saturated carbocycles. The first-order valence-corrected chi connectivity index (χ1v) is 9.75. The number of amides is 2. The van der Waals surface area contributed by atoms with Gasteiger partial charge in [0.2, 0.25) is 0 Å². The number of piperidine rings is 1. The predicted molar refractivity (Wildman–Crippen MR) is 102 cm³/mol. The molecule has 3 heterocycles. The third-order valence-corrected chi connectivity index (χ3v) is 6.43. The number of rotatable bonds is 5. The minimum Gasteiger partial charge on any atom is -0.383 e. The van der Waals surface area contributed by atoms with E-state index in [0.29, 0.717) is 13.2 Å². The van der Waals surface area contributed by atoms with E-state index in [4.69, 9.17) is 4.74 Å². The standard InChI is InChI=1S/C18H24N4O3S/c1-20-15-4-3-12(9-16(15)26-18(20)24)10-21-6-5-14-13(11-21)19-17(23)22(14)7-8-25-2/h3-4,9,13-14H,5-8,10-11H2,1-2H3,(H,19,23)/t13-,14+/m1/s1. The SMILES string of the molecule is COCCN1C(=O)N[C@@H]2CN(Cc3ccc4c(c3)sc(=O)n4C)CC[C@@H]21. The minimum absolute atomic E-state index is 0.0226. The highest BCUT2D eigenvalue weighted by Gasteiger charge is 2.42. The quantitative estimate of drug-likeness (QED) is 0.852. The lowest BCUT2D eigenvalue weighted by Crippen LogP contribution is -2.51. The Kier molecular flexibility index (Phi) is 4.73. The molecule has 0 bridgehead atoms. The van der Waals surface area contributed by atoms with Gasteiger partial charge in [0.1, 0.15) is 0 Å². The van der Waals surface area contributed by atoms with Crippen LogP contribution in [0.1, 0.15) is 12.0 Å². The van der Waals surface area contributed by atoms with Gasteiger partial charge in [0.25, 0.3) is 0 Å². The second-order valence-corrected chi connectivity index (χ2v) is 8.06. The van der Waals surface area contributed by atoms with Crippen molar-refractivity contribution in [3.63, 3.8) is 0 Å². The van der Waals surface area contributed by atoms with Gasteiger partial charge in [-0.15, -0.1) is 0 Å². The molecule has 1 aromatic heterocycles. The van der Waals surface area contributed by atoms with E-state index in [9.17, 15) is 9.59 Å². The van der Waals surface area contributed by atoms with Crippen molar-refractivity contribution in [2.24, 2.45) is 7.05 Å². The molecule has 0 radical (unpaired) electrons. The van der Waals surface area contributed by atoms with E-state index < -0.39 is 0 Å². The van der Waals surface area contributed by atoms with Crippen LogP contribution in [0.15, 0.2) is 23.0 Å². The monoisotopic (exact) mass is 376 g/mol. The first kappa shape index (κ1) is 17.5. The number of hydrogen-bond acceptors (Lipinski definition) is 5. The molecule has 2 aliphatic rings.